The van der Waals surface area contributed by atoms with Gasteiger partial charge in [-0.3, -0.25) is 5.10 Å². The summed E-state index contributed by atoms with van der Waals surface area (Å²) in [5.74, 6) is 1.83. The lowest BCUT2D eigenvalue weighted by Crippen LogP contribution is -2.53. The molecule has 8 nitrogen and oxygen atoms in total. The second-order valence-electron chi connectivity index (χ2n) is 7.40. The Hall–Kier alpha value is -3.20. The number of aromatic nitrogens is 4. The average Bonchev–Trinajstić information content (AvgIpc) is 3.15. The van der Waals surface area contributed by atoms with Crippen molar-refractivity contribution in [2.24, 2.45) is 0 Å². The summed E-state index contributed by atoms with van der Waals surface area (Å²) in [5.41, 5.74) is 0.767. The summed E-state index contributed by atoms with van der Waals surface area (Å²) in [5, 5.41) is 10.2. The van der Waals surface area contributed by atoms with E-state index < -0.39 is 5.82 Å². The molecule has 9 heteroatoms. The Labute approximate surface area is 168 Å². The predicted molar refractivity (Wildman–Crippen MR) is 108 cm³/mol. The van der Waals surface area contributed by atoms with Gasteiger partial charge in [-0.15, -0.1) is 0 Å². The summed E-state index contributed by atoms with van der Waals surface area (Å²) in [6.45, 7) is 6.17. The smallest absolute Gasteiger partial charge is 0.227 e. The number of hydrogen-bond acceptors (Lipinski definition) is 7. The number of ether oxygens (including phenoxy) is 2. The molecule has 29 heavy (non-hydrogen) atoms. The number of hydrogen-bond donors (Lipinski definition) is 2. The molecular formula is C20H23FN6O2. The van der Waals surface area contributed by atoms with Gasteiger partial charge >= 0.3 is 0 Å². The van der Waals surface area contributed by atoms with Gasteiger partial charge in [0.25, 0.3) is 0 Å². The number of nitrogens with one attached hydrogen (secondary N) is 2. The van der Waals surface area contributed by atoms with E-state index in [0.717, 1.165) is 6.54 Å². The third-order valence-corrected chi connectivity index (χ3v) is 4.83. The summed E-state index contributed by atoms with van der Waals surface area (Å²) in [4.78, 5) is 11.2. The number of rotatable bonds is 5. The number of methoxy groups -OCH3 is 1. The van der Waals surface area contributed by atoms with Crippen LogP contribution >= 0.6 is 0 Å². The van der Waals surface area contributed by atoms with Gasteiger partial charge in [0.2, 0.25) is 5.95 Å². The van der Waals surface area contributed by atoms with Crippen LogP contribution in [0.4, 0.5) is 22.0 Å². The highest BCUT2D eigenvalue weighted by Crippen LogP contribution is 2.28. The minimum absolute atomic E-state index is 0.192. The van der Waals surface area contributed by atoms with Gasteiger partial charge in [0.15, 0.2) is 5.82 Å². The SMILES string of the molecule is COc1ccc(-c2cc(Nc3ccnc(N4CCOCC4(C)C)n3)n[nH]2)c(F)c1. The first kappa shape index (κ1) is 19.1. The third kappa shape index (κ3) is 4.00. The highest BCUT2D eigenvalue weighted by atomic mass is 19.1. The van der Waals surface area contributed by atoms with Crippen LogP contribution < -0.4 is 15.0 Å². The molecule has 0 unspecified atom stereocenters. The van der Waals surface area contributed by atoms with Crippen LogP contribution in [0.5, 0.6) is 5.75 Å². The number of H-pyrrole nitrogens is 1. The molecule has 1 aromatic carbocycles. The Morgan fingerprint density at radius 2 is 2.10 bits per heavy atom. The van der Waals surface area contributed by atoms with Gasteiger partial charge in [0.1, 0.15) is 17.4 Å². The van der Waals surface area contributed by atoms with Crippen molar-refractivity contribution in [1.29, 1.82) is 0 Å². The van der Waals surface area contributed by atoms with Crippen molar-refractivity contribution in [2.45, 2.75) is 19.4 Å². The first-order valence-corrected chi connectivity index (χ1v) is 9.31. The molecule has 1 aliphatic rings. The fraction of sp³-hybridized carbons (Fsp3) is 0.350. The molecule has 152 valence electrons. The molecule has 4 rings (SSSR count). The Bertz CT molecular complexity index is 1010. The molecule has 1 aliphatic heterocycles. The number of aromatic amines is 1. The van der Waals surface area contributed by atoms with Crippen molar-refractivity contribution >= 4 is 17.6 Å². The minimum atomic E-state index is -0.390. The Morgan fingerprint density at radius 3 is 2.86 bits per heavy atom. The number of halogens is 1. The van der Waals surface area contributed by atoms with E-state index >= 15 is 0 Å². The normalized spacial score (nSPS) is 15.9. The molecule has 3 heterocycles. The quantitative estimate of drug-likeness (QED) is 0.681. The maximum absolute atomic E-state index is 14.3. The molecule has 0 radical (unpaired) electrons. The van der Waals surface area contributed by atoms with Crippen LogP contribution in [0.25, 0.3) is 11.3 Å². The molecule has 1 fully saturated rings. The maximum atomic E-state index is 14.3. The fourth-order valence-corrected chi connectivity index (χ4v) is 3.27. The second kappa shape index (κ2) is 7.67. The number of benzene rings is 1. The molecule has 0 saturated carbocycles. The van der Waals surface area contributed by atoms with Crippen LogP contribution in [-0.4, -0.2) is 52.6 Å². The third-order valence-electron chi connectivity index (χ3n) is 4.83. The van der Waals surface area contributed by atoms with E-state index in [1.807, 2.05) is 0 Å². The highest BCUT2D eigenvalue weighted by molar-refractivity contribution is 5.66. The molecule has 0 aliphatic carbocycles. The van der Waals surface area contributed by atoms with Crippen LogP contribution in [0.15, 0.2) is 36.5 Å². The van der Waals surface area contributed by atoms with Crippen molar-refractivity contribution in [3.8, 4) is 17.0 Å². The Morgan fingerprint density at radius 1 is 1.24 bits per heavy atom. The van der Waals surface area contributed by atoms with Crippen LogP contribution in [-0.2, 0) is 4.74 Å². The van der Waals surface area contributed by atoms with Gasteiger partial charge in [-0.2, -0.15) is 10.1 Å². The zero-order valence-electron chi connectivity index (χ0n) is 16.6. The Balaban J connectivity index is 1.54. The molecule has 2 aromatic heterocycles. The topological polar surface area (TPSA) is 88.2 Å². The van der Waals surface area contributed by atoms with E-state index in [-0.39, 0.29) is 5.54 Å². The maximum Gasteiger partial charge on any atom is 0.227 e. The molecule has 1 saturated heterocycles. The minimum Gasteiger partial charge on any atom is -0.497 e. The van der Waals surface area contributed by atoms with Gasteiger partial charge < -0.3 is 19.7 Å². The lowest BCUT2D eigenvalue weighted by atomic mass is 10.0. The van der Waals surface area contributed by atoms with Crippen molar-refractivity contribution in [3.05, 3.63) is 42.3 Å². The van der Waals surface area contributed by atoms with E-state index in [9.17, 15) is 4.39 Å². The molecule has 0 spiro atoms. The lowest BCUT2D eigenvalue weighted by molar-refractivity contribution is 0.0634. The zero-order valence-corrected chi connectivity index (χ0v) is 16.6. The molecule has 2 N–H and O–H groups in total. The van der Waals surface area contributed by atoms with E-state index in [1.165, 1.54) is 13.2 Å². The van der Waals surface area contributed by atoms with E-state index in [0.29, 0.717) is 47.8 Å². The zero-order chi connectivity index (χ0) is 20.4. The van der Waals surface area contributed by atoms with E-state index in [1.54, 1.807) is 30.5 Å². The summed E-state index contributed by atoms with van der Waals surface area (Å²) in [6, 6.07) is 8.18. The van der Waals surface area contributed by atoms with E-state index in [4.69, 9.17) is 9.47 Å². The lowest BCUT2D eigenvalue weighted by Gasteiger charge is -2.42. The van der Waals surface area contributed by atoms with Gasteiger partial charge in [0, 0.05) is 30.4 Å². The Kier molecular flexibility index (Phi) is 5.06. The number of anilines is 3. The first-order valence-electron chi connectivity index (χ1n) is 9.31. The van der Waals surface area contributed by atoms with Gasteiger partial charge in [0.05, 0.1) is 31.6 Å². The van der Waals surface area contributed by atoms with E-state index in [2.05, 4.69) is 44.2 Å². The second-order valence-corrected chi connectivity index (χ2v) is 7.40. The van der Waals surface area contributed by atoms with Crippen molar-refractivity contribution in [1.82, 2.24) is 20.2 Å². The fourth-order valence-electron chi connectivity index (χ4n) is 3.27. The number of nitrogens with zero attached hydrogens (tertiary/aromatic N) is 4. The molecule has 3 aromatic rings. The highest BCUT2D eigenvalue weighted by Gasteiger charge is 2.32. The summed E-state index contributed by atoms with van der Waals surface area (Å²) >= 11 is 0. The molecule has 0 amide bonds. The van der Waals surface area contributed by atoms with Crippen molar-refractivity contribution in [3.63, 3.8) is 0 Å². The van der Waals surface area contributed by atoms with Crippen molar-refractivity contribution < 1.29 is 13.9 Å². The van der Waals surface area contributed by atoms with Gasteiger partial charge in [-0.25, -0.2) is 9.37 Å². The van der Waals surface area contributed by atoms with Crippen molar-refractivity contribution in [2.75, 3.05) is 37.1 Å². The number of morpholine rings is 1. The average molecular weight is 398 g/mol. The summed E-state index contributed by atoms with van der Waals surface area (Å²) < 4.78 is 24.9. The van der Waals surface area contributed by atoms with Crippen LogP contribution in [0.1, 0.15) is 13.8 Å². The van der Waals surface area contributed by atoms with Crippen LogP contribution in [0, 0.1) is 5.82 Å². The van der Waals surface area contributed by atoms with Crippen LogP contribution in [0.2, 0.25) is 0 Å². The monoisotopic (exact) mass is 398 g/mol. The molecule has 0 bridgehead atoms. The van der Waals surface area contributed by atoms with Gasteiger partial charge in [-0.1, -0.05) is 0 Å². The standard InChI is InChI=1S/C20H23FN6O2/c1-20(2)12-29-9-8-27(20)19-22-7-6-17(24-19)23-18-11-16(25-26-18)14-5-4-13(28-3)10-15(14)21/h4-7,10-11H,8-9,12H2,1-3H3,(H2,22,23,24,25,26). The first-order chi connectivity index (χ1) is 14.0. The largest absolute Gasteiger partial charge is 0.497 e. The van der Waals surface area contributed by atoms with Crippen LogP contribution in [0.3, 0.4) is 0 Å². The molecular weight excluding hydrogens is 375 g/mol. The summed E-state index contributed by atoms with van der Waals surface area (Å²) in [7, 11) is 1.50. The predicted octanol–water partition coefficient (Wildman–Crippen LogP) is 3.37. The molecule has 0 atom stereocenters. The summed E-state index contributed by atoms with van der Waals surface area (Å²) in [6.07, 6.45) is 1.70. The van der Waals surface area contributed by atoms with Gasteiger partial charge in [-0.05, 0) is 32.0 Å².